The van der Waals surface area contributed by atoms with Gasteiger partial charge in [0.15, 0.2) is 0 Å². The number of nitrogens with one attached hydrogen (secondary N) is 3. The van der Waals surface area contributed by atoms with Crippen LogP contribution in [0.3, 0.4) is 0 Å². The van der Waals surface area contributed by atoms with Gasteiger partial charge in [-0.1, -0.05) is 65.0 Å². The van der Waals surface area contributed by atoms with Crippen molar-refractivity contribution < 1.29 is 89.0 Å². The summed E-state index contributed by atoms with van der Waals surface area (Å²) in [5, 5.41) is 8.49. The van der Waals surface area contributed by atoms with Crippen LogP contribution < -0.4 is 20.7 Å². The number of alkyl halides is 3. The van der Waals surface area contributed by atoms with Gasteiger partial charge in [-0.3, -0.25) is 57.5 Å². The maximum atomic E-state index is 15.7. The molecule has 2 aromatic carbocycles. The minimum Gasteiger partial charge on any atom is -0.494 e. The molecule has 0 radical (unpaired) electrons. The van der Waals surface area contributed by atoms with Crippen molar-refractivity contribution in [2.75, 3.05) is 102 Å². The van der Waals surface area contributed by atoms with Crippen LogP contribution in [-0.2, 0) is 81.3 Å². The Morgan fingerprint density at radius 3 is 1.89 bits per heavy atom. The van der Waals surface area contributed by atoms with E-state index in [2.05, 4.69) is 16.0 Å². The standard InChI is InChI=1S/C73H105F5N12O14/c1-13-33-89-56-37-45-25-28-48(29-26-45)104-34-21-18-24-53(64(95)80-62(44(4)14-2)69(100)85(9)42-59(93)83(7)43-60(89)94)86(10)58(92)39-55(67(98)82(5)6)87(11)70(101)63(47-22-16-17-23-47)88(12)71(102)72(31-19-20-32-72)81-65(96)54-38-49(103-15-3)40-90(54)66(97)52(79-57(91)41-84(8)68(56)99)30-27-46-35-50(74)61(51(75)36-46)73(76,77)78/h25-26,28-29,35-36,44,47,49,52-56,62-63H,13-24,27,30-34,37-43H2,1-12H3,(H,79,91)(H,80,95)(H,81,96)/t44-,49+,52-,53-,54-,55-,56-,62-,63-/m0/s1. The highest BCUT2D eigenvalue weighted by Gasteiger charge is 2.52. The van der Waals surface area contributed by atoms with Gasteiger partial charge in [0.1, 0.15) is 70.8 Å². The molecule has 7 aliphatic rings. The second-order valence-corrected chi connectivity index (χ2v) is 28.8. The van der Waals surface area contributed by atoms with E-state index in [0.717, 1.165) is 24.5 Å². The Kier molecular flexibility index (Phi) is 29.0. The monoisotopic (exact) mass is 1470 g/mol. The number of hydrogen-bond acceptors (Lipinski definition) is 14. The van der Waals surface area contributed by atoms with Gasteiger partial charge in [0.2, 0.25) is 70.9 Å². The summed E-state index contributed by atoms with van der Waals surface area (Å²) in [6.45, 7) is 4.80. The molecule has 2 saturated carbocycles. The number of carbonyl (C=O) groups excluding carboxylic acids is 12. The summed E-state index contributed by atoms with van der Waals surface area (Å²) in [6.07, 6.45) is -3.70. The fourth-order valence-corrected chi connectivity index (χ4v) is 14.9. The molecule has 9 atom stereocenters. The fraction of sp³-hybridized carbons (Fsp3) is 0.671. The maximum absolute atomic E-state index is 15.7. The first-order valence-electron chi connectivity index (χ1n) is 36.2. The predicted molar refractivity (Wildman–Crippen MR) is 371 cm³/mol. The summed E-state index contributed by atoms with van der Waals surface area (Å²) in [7, 11) is 11.0. The molecule has 2 aliphatic carbocycles. The Labute approximate surface area is 605 Å². The van der Waals surface area contributed by atoms with Crippen molar-refractivity contribution in [3.8, 4) is 5.75 Å². The molecule has 26 nitrogen and oxygen atoms in total. The van der Waals surface area contributed by atoms with E-state index < -0.39 is 199 Å². The van der Waals surface area contributed by atoms with E-state index in [1.54, 1.807) is 52.0 Å². The topological polar surface area (TPSA) is 289 Å². The lowest BCUT2D eigenvalue weighted by molar-refractivity contribution is -0.156. The second kappa shape index (κ2) is 36.5. The molecule has 9 rings (SSSR count). The highest BCUT2D eigenvalue weighted by Crippen LogP contribution is 2.38. The first-order chi connectivity index (χ1) is 49.1. The smallest absolute Gasteiger partial charge is 0.422 e. The van der Waals surface area contributed by atoms with Crippen LogP contribution in [0.4, 0.5) is 22.0 Å². The van der Waals surface area contributed by atoms with E-state index in [1.807, 2.05) is 0 Å². The van der Waals surface area contributed by atoms with Crippen molar-refractivity contribution in [1.29, 1.82) is 0 Å². The number of amides is 12. The lowest BCUT2D eigenvalue weighted by atomic mass is 9.90. The van der Waals surface area contributed by atoms with Crippen LogP contribution in [0.5, 0.6) is 5.75 Å². The number of likely N-dealkylation sites (N-methyl/N-ethyl adjacent to an activating group) is 7. The van der Waals surface area contributed by atoms with Crippen LogP contribution >= 0.6 is 0 Å². The van der Waals surface area contributed by atoms with E-state index in [0.29, 0.717) is 74.8 Å². The van der Waals surface area contributed by atoms with Crippen LogP contribution in [0.15, 0.2) is 36.4 Å². The summed E-state index contributed by atoms with van der Waals surface area (Å²) in [6, 6.07) is -2.38. The van der Waals surface area contributed by atoms with Gasteiger partial charge < -0.3 is 69.5 Å². The Hall–Kier alpha value is -8.51. The third-order valence-corrected chi connectivity index (χ3v) is 21.1. The summed E-state index contributed by atoms with van der Waals surface area (Å²) < 4.78 is 84.1. The molecule has 3 N–H and O–H groups in total. The van der Waals surface area contributed by atoms with Gasteiger partial charge in [-0.25, -0.2) is 8.78 Å². The Morgan fingerprint density at radius 1 is 0.683 bits per heavy atom. The number of fused-ring (bicyclic) bond motifs is 25. The molecule has 1 saturated heterocycles. The number of halogens is 5. The van der Waals surface area contributed by atoms with Crippen LogP contribution in [0, 0.1) is 23.5 Å². The Balaban J connectivity index is 1.38. The van der Waals surface area contributed by atoms with E-state index in [1.165, 1.54) is 76.0 Å². The number of nitrogens with zero attached hydrogens (tertiary/aromatic N) is 9. The molecule has 5 aliphatic heterocycles. The van der Waals surface area contributed by atoms with E-state index >= 15 is 42.3 Å². The summed E-state index contributed by atoms with van der Waals surface area (Å²) >= 11 is 0. The van der Waals surface area contributed by atoms with Gasteiger partial charge in [0.25, 0.3) is 0 Å². The second-order valence-electron chi connectivity index (χ2n) is 28.8. The van der Waals surface area contributed by atoms with Gasteiger partial charge in [0.05, 0.1) is 38.8 Å². The number of rotatable bonds is 11. The molecule has 31 heteroatoms. The van der Waals surface area contributed by atoms with Crippen LogP contribution in [0.1, 0.15) is 147 Å². The summed E-state index contributed by atoms with van der Waals surface area (Å²) in [5.41, 5.74) is -3.68. The number of benzene rings is 2. The van der Waals surface area contributed by atoms with E-state index in [9.17, 15) is 37.1 Å². The lowest BCUT2D eigenvalue weighted by Crippen LogP contribution is -2.65. The van der Waals surface area contributed by atoms with Gasteiger partial charge in [-0.05, 0) is 118 Å². The Bertz CT molecular complexity index is 3420. The van der Waals surface area contributed by atoms with Crippen LogP contribution in [0.25, 0.3) is 0 Å². The fourth-order valence-electron chi connectivity index (χ4n) is 14.9. The minimum absolute atomic E-state index is 0.0139. The average Bonchev–Trinajstić information content (AvgIpc) is 1.53. The van der Waals surface area contributed by atoms with Crippen molar-refractivity contribution in [1.82, 2.24) is 60.0 Å². The van der Waals surface area contributed by atoms with Crippen molar-refractivity contribution in [3.63, 3.8) is 0 Å². The molecule has 5 heterocycles. The number of ether oxygens (including phenoxy) is 2. The van der Waals surface area contributed by atoms with E-state index in [4.69, 9.17) is 9.47 Å². The summed E-state index contributed by atoms with van der Waals surface area (Å²) in [4.78, 5) is 191. The first kappa shape index (κ1) is 82.8. The van der Waals surface area contributed by atoms with Gasteiger partial charge in [-0.15, -0.1) is 0 Å². The lowest BCUT2D eigenvalue weighted by Gasteiger charge is -2.42. The molecule has 2 aromatic rings. The molecule has 0 aromatic heterocycles. The van der Waals surface area contributed by atoms with Crippen molar-refractivity contribution in [2.45, 2.75) is 203 Å². The van der Waals surface area contributed by atoms with Crippen LogP contribution in [-0.4, -0.2) is 271 Å². The SMILES string of the molecule is CCCN1C(=O)CN(C)C(=O)CN(C)C(=O)[C@H]([C@@H](C)CC)NC(=O)[C@@H]2CCCCOc3ccc(cc3)C[C@H]1C(=O)N(C)CC(=O)N[C@@H](CCc1cc(F)c(C(F)(F)F)c(F)c1)C(=O)N1C[C@H](OCC)C[C@H]1C(=O)NC1(CCCC1)C(=O)N(C)[C@@H](C1CCCC1)C(=O)N(C)[C@H](C(=O)N(C)C)CC(=O)N2C. The molecule has 3 fully saturated rings. The van der Waals surface area contributed by atoms with Gasteiger partial charge >= 0.3 is 6.18 Å². The normalized spacial score (nSPS) is 25.7. The first-order valence-corrected chi connectivity index (χ1v) is 36.2. The zero-order valence-corrected chi connectivity index (χ0v) is 62.0. The number of aryl methyl sites for hydroxylation is 1. The molecular formula is C73H105F5N12O14. The Morgan fingerprint density at radius 2 is 1.30 bits per heavy atom. The molecule has 576 valence electrons. The molecule has 104 heavy (non-hydrogen) atoms. The van der Waals surface area contributed by atoms with Gasteiger partial charge in [0, 0.05) is 88.9 Å². The van der Waals surface area contributed by atoms with Gasteiger partial charge in [-0.2, -0.15) is 13.2 Å². The quantitative estimate of drug-likeness (QED) is 0.209. The zero-order chi connectivity index (χ0) is 76.8. The third-order valence-electron chi connectivity index (χ3n) is 21.1. The van der Waals surface area contributed by atoms with Crippen LogP contribution in [0.2, 0.25) is 0 Å². The molecule has 4 bridgehead atoms. The minimum atomic E-state index is -5.42. The van der Waals surface area contributed by atoms with E-state index in [-0.39, 0.29) is 76.8 Å². The highest BCUT2D eigenvalue weighted by molar-refractivity contribution is 6.01. The molecular weight excluding hydrogens is 1360 g/mol. The molecule has 0 unspecified atom stereocenters. The summed E-state index contributed by atoms with van der Waals surface area (Å²) in [5.74, 6) is -13.7. The third kappa shape index (κ3) is 20.1. The largest absolute Gasteiger partial charge is 0.494 e. The van der Waals surface area contributed by atoms with Crippen molar-refractivity contribution in [2.24, 2.45) is 11.8 Å². The van der Waals surface area contributed by atoms with Crippen molar-refractivity contribution in [3.05, 3.63) is 64.7 Å². The molecule has 1 spiro atoms. The maximum Gasteiger partial charge on any atom is 0.422 e. The average molecular weight is 1470 g/mol. The molecule has 12 amide bonds. The number of carbonyl (C=O) groups is 12. The highest BCUT2D eigenvalue weighted by atomic mass is 19.4. The van der Waals surface area contributed by atoms with Crippen molar-refractivity contribution >= 4 is 70.9 Å². The number of hydrogen-bond donors (Lipinski definition) is 3. The predicted octanol–water partition coefficient (Wildman–Crippen LogP) is 4.32. The zero-order valence-electron chi connectivity index (χ0n) is 62.0.